The lowest BCUT2D eigenvalue weighted by Gasteiger charge is -2.29. The fourth-order valence-corrected chi connectivity index (χ4v) is 2.44. The molecule has 0 bridgehead atoms. The molecule has 6 nitrogen and oxygen atoms in total. The van der Waals surface area contributed by atoms with E-state index in [9.17, 15) is 9.59 Å². The zero-order valence-electron chi connectivity index (χ0n) is 14.3. The molecule has 1 aromatic carbocycles. The average molecular weight is 367 g/mol. The molecular formula is C18H19ClO6. The van der Waals surface area contributed by atoms with Crippen molar-refractivity contribution in [2.45, 2.75) is 26.6 Å². The van der Waals surface area contributed by atoms with Gasteiger partial charge in [0.2, 0.25) is 0 Å². The Morgan fingerprint density at radius 1 is 1.20 bits per heavy atom. The van der Waals surface area contributed by atoms with Gasteiger partial charge in [-0.15, -0.1) is 0 Å². The molecule has 134 valence electrons. The quantitative estimate of drug-likeness (QED) is 0.332. The van der Waals surface area contributed by atoms with Crippen LogP contribution in [0.4, 0.5) is 0 Å². The van der Waals surface area contributed by atoms with Gasteiger partial charge < -0.3 is 18.9 Å². The van der Waals surface area contributed by atoms with E-state index in [1.807, 2.05) is 6.92 Å². The van der Waals surface area contributed by atoms with Gasteiger partial charge >= 0.3 is 11.9 Å². The second-order valence-corrected chi connectivity index (χ2v) is 6.01. The lowest BCUT2D eigenvalue weighted by atomic mass is 10.1. The number of esters is 2. The predicted octanol–water partition coefficient (Wildman–Crippen LogP) is 3.52. The molecule has 7 heteroatoms. The third kappa shape index (κ3) is 4.54. The van der Waals surface area contributed by atoms with Crippen LogP contribution >= 0.6 is 11.6 Å². The molecule has 25 heavy (non-hydrogen) atoms. The number of ether oxygens (including phenoxy) is 4. The number of halogens is 1. The summed E-state index contributed by atoms with van der Waals surface area (Å²) >= 11 is 6.24. The number of carbonyl (C=O) groups excluding carboxylic acids is 2. The van der Waals surface area contributed by atoms with Crippen LogP contribution in [-0.2, 0) is 19.1 Å². The summed E-state index contributed by atoms with van der Waals surface area (Å²) in [5.41, 5.74) is 0.251. The Morgan fingerprint density at radius 2 is 1.84 bits per heavy atom. The predicted molar refractivity (Wildman–Crippen MR) is 92.6 cm³/mol. The Morgan fingerprint density at radius 3 is 2.40 bits per heavy atom. The van der Waals surface area contributed by atoms with Crippen LogP contribution in [0.1, 0.15) is 26.3 Å². The van der Waals surface area contributed by atoms with Crippen molar-refractivity contribution in [1.82, 2.24) is 0 Å². The van der Waals surface area contributed by atoms with Crippen LogP contribution in [0.15, 0.2) is 30.4 Å². The van der Waals surface area contributed by atoms with Crippen LogP contribution in [0.25, 0.3) is 6.08 Å². The van der Waals surface area contributed by atoms with Crippen LogP contribution in [0.3, 0.4) is 0 Å². The van der Waals surface area contributed by atoms with E-state index in [4.69, 9.17) is 30.5 Å². The number of carbonyl (C=O) groups is 2. The average Bonchev–Trinajstić information content (AvgIpc) is 2.49. The van der Waals surface area contributed by atoms with Gasteiger partial charge in [-0.2, -0.15) is 0 Å². The Bertz CT molecular complexity index is 713. The van der Waals surface area contributed by atoms with Crippen molar-refractivity contribution in [3.63, 3.8) is 0 Å². The number of hydrogen-bond donors (Lipinski definition) is 0. The monoisotopic (exact) mass is 366 g/mol. The van der Waals surface area contributed by atoms with Gasteiger partial charge in [0.05, 0.1) is 11.6 Å². The molecule has 0 amide bonds. The minimum atomic E-state index is -1.29. The minimum Gasteiger partial charge on any atom is -0.490 e. The van der Waals surface area contributed by atoms with Crippen molar-refractivity contribution in [1.29, 1.82) is 0 Å². The highest BCUT2D eigenvalue weighted by atomic mass is 35.5. The maximum atomic E-state index is 12.0. The van der Waals surface area contributed by atoms with Crippen LogP contribution in [-0.4, -0.2) is 30.9 Å². The van der Waals surface area contributed by atoms with Gasteiger partial charge in [-0.25, -0.2) is 9.59 Å². The number of benzene rings is 1. The van der Waals surface area contributed by atoms with E-state index < -0.39 is 17.7 Å². The van der Waals surface area contributed by atoms with Gasteiger partial charge in [-0.1, -0.05) is 24.3 Å². The van der Waals surface area contributed by atoms with E-state index in [2.05, 4.69) is 6.58 Å². The molecule has 0 N–H and O–H groups in total. The number of hydrogen-bond acceptors (Lipinski definition) is 6. The molecule has 2 rings (SSSR count). The highest BCUT2D eigenvalue weighted by Crippen LogP contribution is 2.37. The zero-order valence-corrected chi connectivity index (χ0v) is 15.0. The van der Waals surface area contributed by atoms with Gasteiger partial charge in [0.25, 0.3) is 5.79 Å². The zero-order chi connectivity index (χ0) is 18.6. The third-order valence-electron chi connectivity index (χ3n) is 3.11. The fraction of sp³-hybridized carbons (Fsp3) is 0.333. The van der Waals surface area contributed by atoms with E-state index in [-0.39, 0.29) is 17.2 Å². The Balaban J connectivity index is 2.41. The topological polar surface area (TPSA) is 71.1 Å². The van der Waals surface area contributed by atoms with Gasteiger partial charge in [-0.3, -0.25) is 0 Å². The van der Waals surface area contributed by atoms with Crippen molar-refractivity contribution in [3.8, 4) is 11.5 Å². The molecule has 1 heterocycles. The van der Waals surface area contributed by atoms with Gasteiger partial charge in [0.1, 0.15) is 12.2 Å². The molecular weight excluding hydrogens is 348 g/mol. The van der Waals surface area contributed by atoms with Gasteiger partial charge in [0, 0.05) is 13.8 Å². The molecule has 0 radical (unpaired) electrons. The Kier molecular flexibility index (Phi) is 5.74. The number of rotatable bonds is 6. The lowest BCUT2D eigenvalue weighted by molar-refractivity contribution is -0.222. The summed E-state index contributed by atoms with van der Waals surface area (Å²) in [5.74, 6) is -2.06. The molecule has 0 saturated carbocycles. The molecule has 1 aliphatic rings. The SMILES string of the molecule is C=CCOc1c(Cl)cc(C=C2C(=O)OC(C)(C)OC2=O)cc1OCC. The van der Waals surface area contributed by atoms with Crippen molar-refractivity contribution in [2.24, 2.45) is 0 Å². The van der Waals surface area contributed by atoms with E-state index >= 15 is 0 Å². The highest BCUT2D eigenvalue weighted by Gasteiger charge is 2.38. The molecule has 0 atom stereocenters. The smallest absolute Gasteiger partial charge is 0.348 e. The second kappa shape index (κ2) is 7.61. The highest BCUT2D eigenvalue weighted by molar-refractivity contribution is 6.32. The van der Waals surface area contributed by atoms with E-state index in [0.717, 1.165) is 0 Å². The summed E-state index contributed by atoms with van der Waals surface area (Å²) < 4.78 is 21.2. The first-order valence-corrected chi connectivity index (χ1v) is 8.03. The minimum absolute atomic E-state index is 0.224. The molecule has 0 spiro atoms. The first-order valence-electron chi connectivity index (χ1n) is 7.65. The summed E-state index contributed by atoms with van der Waals surface area (Å²) in [4.78, 5) is 24.1. The first kappa shape index (κ1) is 18.9. The van der Waals surface area contributed by atoms with Crippen LogP contribution < -0.4 is 9.47 Å². The van der Waals surface area contributed by atoms with E-state index in [1.165, 1.54) is 19.9 Å². The van der Waals surface area contributed by atoms with Crippen molar-refractivity contribution < 1.29 is 28.5 Å². The van der Waals surface area contributed by atoms with Crippen molar-refractivity contribution in [2.75, 3.05) is 13.2 Å². The maximum absolute atomic E-state index is 12.0. The maximum Gasteiger partial charge on any atom is 0.348 e. The normalized spacial score (nSPS) is 15.9. The van der Waals surface area contributed by atoms with Gasteiger partial charge in [-0.05, 0) is 30.7 Å². The van der Waals surface area contributed by atoms with Gasteiger partial charge in [0.15, 0.2) is 11.5 Å². The van der Waals surface area contributed by atoms with Crippen LogP contribution in [0.5, 0.6) is 11.5 Å². The summed E-state index contributed by atoms with van der Waals surface area (Å²) in [6, 6.07) is 3.16. The van der Waals surface area contributed by atoms with Crippen LogP contribution in [0, 0.1) is 0 Å². The summed E-state index contributed by atoms with van der Waals surface area (Å²) in [6.07, 6.45) is 2.92. The molecule has 0 unspecified atom stereocenters. The van der Waals surface area contributed by atoms with E-state index in [0.29, 0.717) is 23.7 Å². The molecule has 1 aliphatic heterocycles. The first-order chi connectivity index (χ1) is 11.8. The van der Waals surface area contributed by atoms with Crippen molar-refractivity contribution >= 4 is 29.6 Å². The lowest BCUT2D eigenvalue weighted by Crippen LogP contribution is -2.41. The third-order valence-corrected chi connectivity index (χ3v) is 3.39. The molecule has 0 aliphatic carbocycles. The second-order valence-electron chi connectivity index (χ2n) is 5.60. The molecule has 0 aromatic heterocycles. The Labute approximate surface area is 151 Å². The molecule has 1 aromatic rings. The van der Waals surface area contributed by atoms with Crippen molar-refractivity contribution in [3.05, 3.63) is 40.9 Å². The standard InChI is InChI=1S/C18H19ClO6/c1-5-7-23-15-13(19)9-11(10-14(15)22-6-2)8-12-16(20)24-18(3,4)25-17(12)21/h5,8-10H,1,6-7H2,2-4H3. The fourth-order valence-electron chi connectivity index (χ4n) is 2.16. The molecule has 1 fully saturated rings. The van der Waals surface area contributed by atoms with E-state index in [1.54, 1.807) is 18.2 Å². The summed E-state index contributed by atoms with van der Waals surface area (Å²) in [7, 11) is 0. The largest absolute Gasteiger partial charge is 0.490 e. The molecule has 1 saturated heterocycles. The van der Waals surface area contributed by atoms with Crippen LogP contribution in [0.2, 0.25) is 5.02 Å². The summed E-state index contributed by atoms with van der Waals surface area (Å²) in [5, 5.41) is 0.275. The Hall–Kier alpha value is -2.47. The number of cyclic esters (lactones) is 2. The summed E-state index contributed by atoms with van der Waals surface area (Å²) in [6.45, 7) is 9.01.